The molecule has 13 heavy (non-hydrogen) atoms. The molecule has 0 radical (unpaired) electrons. The van der Waals surface area contributed by atoms with Crippen LogP contribution in [0.1, 0.15) is 39.5 Å². The first-order valence-electron chi connectivity index (χ1n) is 4.86. The molecule has 0 amide bonds. The molecule has 0 saturated heterocycles. The Labute approximate surface area is 82.4 Å². The standard InChI is InChI=1S/C9H18O3S/c1-7-4-3-5-8(2)9(6-7)12-13(10)11/h7-9H,3-6H2,1-2H3,(H,10,11)/p-1. The third-order valence-corrected chi connectivity index (χ3v) is 3.23. The van der Waals surface area contributed by atoms with E-state index < -0.39 is 11.4 Å². The van der Waals surface area contributed by atoms with Gasteiger partial charge in [0.05, 0.1) is 17.5 Å². The van der Waals surface area contributed by atoms with Gasteiger partial charge in [-0.25, -0.2) is 4.21 Å². The Balaban J connectivity index is 2.51. The van der Waals surface area contributed by atoms with Crippen molar-refractivity contribution in [2.75, 3.05) is 0 Å². The maximum atomic E-state index is 10.4. The highest BCUT2D eigenvalue weighted by molar-refractivity contribution is 7.74. The lowest BCUT2D eigenvalue weighted by Crippen LogP contribution is -2.23. The van der Waals surface area contributed by atoms with Crippen LogP contribution < -0.4 is 0 Å². The highest BCUT2D eigenvalue weighted by Gasteiger charge is 2.24. The lowest BCUT2D eigenvalue weighted by Gasteiger charge is -2.23. The van der Waals surface area contributed by atoms with Gasteiger partial charge in [0.1, 0.15) is 0 Å². The van der Waals surface area contributed by atoms with Gasteiger partial charge in [-0.15, -0.1) is 0 Å². The average Bonchev–Trinajstić information content (AvgIpc) is 2.14. The first-order chi connectivity index (χ1) is 6.09. The van der Waals surface area contributed by atoms with Gasteiger partial charge in [0, 0.05) is 0 Å². The van der Waals surface area contributed by atoms with Crippen LogP contribution in [0.4, 0.5) is 0 Å². The van der Waals surface area contributed by atoms with E-state index in [1.165, 1.54) is 12.8 Å². The van der Waals surface area contributed by atoms with Gasteiger partial charge in [-0.3, -0.25) is 4.18 Å². The Morgan fingerprint density at radius 1 is 1.38 bits per heavy atom. The van der Waals surface area contributed by atoms with E-state index >= 15 is 0 Å². The summed E-state index contributed by atoms with van der Waals surface area (Å²) in [5.41, 5.74) is 0. The van der Waals surface area contributed by atoms with E-state index in [-0.39, 0.29) is 6.10 Å². The molecule has 0 aromatic heterocycles. The van der Waals surface area contributed by atoms with Gasteiger partial charge in [0.2, 0.25) is 0 Å². The van der Waals surface area contributed by atoms with E-state index in [0.29, 0.717) is 11.8 Å². The highest BCUT2D eigenvalue weighted by Crippen LogP contribution is 2.29. The molecule has 4 unspecified atom stereocenters. The molecule has 0 aliphatic heterocycles. The van der Waals surface area contributed by atoms with Gasteiger partial charge < -0.3 is 4.55 Å². The first-order valence-corrected chi connectivity index (χ1v) is 5.86. The third-order valence-electron chi connectivity index (χ3n) is 2.83. The van der Waals surface area contributed by atoms with Crippen molar-refractivity contribution >= 4 is 11.4 Å². The van der Waals surface area contributed by atoms with Crippen molar-refractivity contribution in [2.24, 2.45) is 11.8 Å². The highest BCUT2D eigenvalue weighted by atomic mass is 32.2. The van der Waals surface area contributed by atoms with E-state index in [1.54, 1.807) is 0 Å². The smallest absolute Gasteiger partial charge is 0.0844 e. The van der Waals surface area contributed by atoms with Gasteiger partial charge in [-0.05, 0) is 24.7 Å². The Morgan fingerprint density at radius 3 is 2.69 bits per heavy atom. The Morgan fingerprint density at radius 2 is 2.08 bits per heavy atom. The summed E-state index contributed by atoms with van der Waals surface area (Å²) < 4.78 is 25.7. The van der Waals surface area contributed by atoms with Crippen molar-refractivity contribution in [3.63, 3.8) is 0 Å². The summed E-state index contributed by atoms with van der Waals surface area (Å²) in [6, 6.07) is 0. The molecule has 3 nitrogen and oxygen atoms in total. The fourth-order valence-electron chi connectivity index (χ4n) is 1.96. The minimum absolute atomic E-state index is 0.101. The van der Waals surface area contributed by atoms with E-state index in [4.69, 9.17) is 4.18 Å². The summed E-state index contributed by atoms with van der Waals surface area (Å²) >= 11 is -2.36. The molecule has 1 saturated carbocycles. The fraction of sp³-hybridized carbons (Fsp3) is 1.00. The van der Waals surface area contributed by atoms with Gasteiger partial charge >= 0.3 is 0 Å². The summed E-state index contributed by atoms with van der Waals surface area (Å²) in [4.78, 5) is 0. The minimum Gasteiger partial charge on any atom is -0.750 e. The summed E-state index contributed by atoms with van der Waals surface area (Å²) in [6.45, 7) is 4.22. The summed E-state index contributed by atoms with van der Waals surface area (Å²) in [5, 5.41) is 0. The number of rotatable bonds is 2. The Bertz CT molecular complexity index is 184. The molecule has 0 heterocycles. The molecule has 0 N–H and O–H groups in total. The largest absolute Gasteiger partial charge is 0.750 e. The quantitative estimate of drug-likeness (QED) is 0.512. The number of hydrogen-bond donors (Lipinski definition) is 0. The zero-order chi connectivity index (χ0) is 9.84. The Kier molecular flexibility index (Phi) is 4.35. The van der Waals surface area contributed by atoms with Gasteiger partial charge in [-0.1, -0.05) is 26.7 Å². The summed E-state index contributed by atoms with van der Waals surface area (Å²) in [6.07, 6.45) is 4.22. The topological polar surface area (TPSA) is 49.4 Å². The minimum atomic E-state index is -2.36. The van der Waals surface area contributed by atoms with Crippen molar-refractivity contribution in [3.05, 3.63) is 0 Å². The molecule has 1 rings (SSSR count). The van der Waals surface area contributed by atoms with Crippen LogP contribution in [0.25, 0.3) is 0 Å². The number of hydrogen-bond acceptors (Lipinski definition) is 3. The van der Waals surface area contributed by atoms with Gasteiger partial charge in [-0.2, -0.15) is 0 Å². The molecular weight excluding hydrogens is 188 g/mol. The second kappa shape index (κ2) is 5.08. The van der Waals surface area contributed by atoms with Crippen LogP contribution in [0.3, 0.4) is 0 Å². The second-order valence-electron chi connectivity index (χ2n) is 4.09. The van der Waals surface area contributed by atoms with Crippen molar-refractivity contribution < 1.29 is 12.9 Å². The molecule has 1 fully saturated rings. The molecule has 78 valence electrons. The molecule has 4 atom stereocenters. The average molecular weight is 205 g/mol. The SMILES string of the molecule is CC1CCCC(C)C(OS(=O)[O-])C1. The van der Waals surface area contributed by atoms with Crippen molar-refractivity contribution in [3.8, 4) is 0 Å². The molecule has 1 aliphatic carbocycles. The van der Waals surface area contributed by atoms with E-state index in [0.717, 1.165) is 12.8 Å². The summed E-state index contributed by atoms with van der Waals surface area (Å²) in [5.74, 6) is 0.946. The zero-order valence-corrected chi connectivity index (χ0v) is 9.01. The predicted molar refractivity (Wildman–Crippen MR) is 50.6 cm³/mol. The molecule has 0 spiro atoms. The van der Waals surface area contributed by atoms with E-state index in [2.05, 4.69) is 13.8 Å². The predicted octanol–water partition coefficient (Wildman–Crippen LogP) is 2.01. The van der Waals surface area contributed by atoms with Crippen LogP contribution in [-0.4, -0.2) is 14.9 Å². The van der Waals surface area contributed by atoms with Gasteiger partial charge in [0.15, 0.2) is 0 Å². The van der Waals surface area contributed by atoms with Crippen LogP contribution in [0, 0.1) is 11.8 Å². The second-order valence-corrected chi connectivity index (χ2v) is 4.69. The van der Waals surface area contributed by atoms with Gasteiger partial charge in [0.25, 0.3) is 0 Å². The normalized spacial score (nSPS) is 38.2. The van der Waals surface area contributed by atoms with Crippen molar-refractivity contribution in [1.29, 1.82) is 0 Å². The lowest BCUT2D eigenvalue weighted by molar-refractivity contribution is 0.127. The third kappa shape index (κ3) is 3.75. The maximum Gasteiger partial charge on any atom is 0.0844 e. The van der Waals surface area contributed by atoms with E-state index in [1.807, 2.05) is 0 Å². The monoisotopic (exact) mass is 205 g/mol. The van der Waals surface area contributed by atoms with Crippen LogP contribution >= 0.6 is 0 Å². The molecule has 0 aromatic carbocycles. The zero-order valence-electron chi connectivity index (χ0n) is 8.19. The molecule has 4 heteroatoms. The fourth-order valence-corrected chi connectivity index (χ4v) is 2.43. The van der Waals surface area contributed by atoms with E-state index in [9.17, 15) is 8.76 Å². The molecule has 0 aromatic rings. The molecular formula is C9H17O3S-. The van der Waals surface area contributed by atoms with Crippen molar-refractivity contribution in [1.82, 2.24) is 0 Å². The van der Waals surface area contributed by atoms with Crippen LogP contribution in [0.5, 0.6) is 0 Å². The van der Waals surface area contributed by atoms with Crippen LogP contribution in [0.15, 0.2) is 0 Å². The summed E-state index contributed by atoms with van der Waals surface area (Å²) in [7, 11) is 0. The van der Waals surface area contributed by atoms with Crippen LogP contribution in [-0.2, 0) is 15.5 Å². The first kappa shape index (κ1) is 11.1. The van der Waals surface area contributed by atoms with Crippen molar-refractivity contribution in [2.45, 2.75) is 45.6 Å². The molecule has 1 aliphatic rings. The Hall–Kier alpha value is 0.0700. The molecule has 0 bridgehead atoms. The maximum absolute atomic E-state index is 10.4. The van der Waals surface area contributed by atoms with Crippen LogP contribution in [0.2, 0.25) is 0 Å². The lowest BCUT2D eigenvalue weighted by atomic mass is 9.98.